The van der Waals surface area contributed by atoms with Gasteiger partial charge < -0.3 is 14.2 Å². The zero-order chi connectivity index (χ0) is 16.2. The lowest BCUT2D eigenvalue weighted by molar-refractivity contribution is -0.139. The van der Waals surface area contributed by atoms with E-state index < -0.39 is 0 Å². The minimum atomic E-state index is -0.208. The summed E-state index contributed by atoms with van der Waals surface area (Å²) in [6, 6.07) is 0. The highest BCUT2D eigenvalue weighted by Crippen LogP contribution is 2.21. The van der Waals surface area contributed by atoms with Crippen LogP contribution in [0.1, 0.15) is 35.2 Å². The van der Waals surface area contributed by atoms with Gasteiger partial charge in [-0.3, -0.25) is 14.8 Å². The van der Waals surface area contributed by atoms with E-state index in [1.807, 2.05) is 18.7 Å². The number of aryl methyl sites for hydroxylation is 2. The highest BCUT2D eigenvalue weighted by Gasteiger charge is 2.26. The smallest absolute Gasteiger partial charge is 0.223 e. The summed E-state index contributed by atoms with van der Waals surface area (Å²) in [5.74, 6) is 0.900. The molecule has 1 unspecified atom stereocenters. The Balaban J connectivity index is 1.59. The fourth-order valence-corrected chi connectivity index (χ4v) is 2.78. The van der Waals surface area contributed by atoms with E-state index in [1.165, 1.54) is 0 Å². The van der Waals surface area contributed by atoms with Crippen molar-refractivity contribution < 1.29 is 14.1 Å². The molecule has 0 radical (unpaired) electrons. The second-order valence-corrected chi connectivity index (χ2v) is 5.63. The average Bonchev–Trinajstić information content (AvgIpc) is 2.92. The Bertz CT molecular complexity index is 652. The zero-order valence-corrected chi connectivity index (χ0v) is 13.4. The van der Waals surface area contributed by atoms with Crippen molar-refractivity contribution in [3.05, 3.63) is 41.3 Å². The van der Waals surface area contributed by atoms with Crippen LogP contribution in [0.15, 0.2) is 23.1 Å². The number of aromatic nitrogens is 3. The Morgan fingerprint density at radius 1 is 1.39 bits per heavy atom. The molecule has 1 aliphatic rings. The molecule has 0 aliphatic carbocycles. The van der Waals surface area contributed by atoms with Crippen LogP contribution < -0.4 is 0 Å². The van der Waals surface area contributed by atoms with Crippen LogP contribution in [-0.2, 0) is 16.0 Å². The molecule has 3 heterocycles. The fourth-order valence-electron chi connectivity index (χ4n) is 2.78. The third kappa shape index (κ3) is 3.56. The maximum Gasteiger partial charge on any atom is 0.223 e. The Kier molecular flexibility index (Phi) is 4.66. The van der Waals surface area contributed by atoms with Gasteiger partial charge in [0.2, 0.25) is 5.91 Å². The summed E-state index contributed by atoms with van der Waals surface area (Å²) >= 11 is 0. The monoisotopic (exact) mass is 316 g/mol. The summed E-state index contributed by atoms with van der Waals surface area (Å²) in [5.41, 5.74) is 2.64. The van der Waals surface area contributed by atoms with Gasteiger partial charge in [0, 0.05) is 30.9 Å². The second-order valence-electron chi connectivity index (χ2n) is 5.63. The summed E-state index contributed by atoms with van der Waals surface area (Å²) in [7, 11) is 0. The van der Waals surface area contributed by atoms with Gasteiger partial charge in [0.05, 0.1) is 30.7 Å². The lowest BCUT2D eigenvalue weighted by Crippen LogP contribution is -2.42. The van der Waals surface area contributed by atoms with Gasteiger partial charge in [0.15, 0.2) is 0 Å². The summed E-state index contributed by atoms with van der Waals surface area (Å²) in [4.78, 5) is 22.6. The van der Waals surface area contributed by atoms with Gasteiger partial charge in [-0.05, 0) is 20.3 Å². The van der Waals surface area contributed by atoms with Crippen LogP contribution in [0.25, 0.3) is 0 Å². The molecule has 1 amide bonds. The van der Waals surface area contributed by atoms with E-state index in [0.29, 0.717) is 32.5 Å². The van der Waals surface area contributed by atoms with E-state index in [4.69, 9.17) is 9.26 Å². The third-order valence-corrected chi connectivity index (χ3v) is 4.10. The number of hydrogen-bond donors (Lipinski definition) is 0. The number of nitrogens with zero attached hydrogens (tertiary/aromatic N) is 4. The molecule has 2 aromatic rings. The second kappa shape index (κ2) is 6.87. The number of amides is 1. The number of carbonyl (C=O) groups excluding carboxylic acids is 1. The number of hydrogen-bond acceptors (Lipinski definition) is 6. The van der Waals surface area contributed by atoms with E-state index in [9.17, 15) is 4.79 Å². The zero-order valence-electron chi connectivity index (χ0n) is 13.4. The Morgan fingerprint density at radius 3 is 2.96 bits per heavy atom. The van der Waals surface area contributed by atoms with Crippen LogP contribution in [0, 0.1) is 13.8 Å². The van der Waals surface area contributed by atoms with Crippen molar-refractivity contribution in [2.24, 2.45) is 0 Å². The standard InChI is InChI=1S/C16H20N4O3/c1-11-13(12(2)23-19-11)3-4-16(21)20-7-8-22-15(10-20)14-9-17-5-6-18-14/h5-6,9,15H,3-4,7-8,10H2,1-2H3. The Hall–Kier alpha value is -2.28. The molecular formula is C16H20N4O3. The van der Waals surface area contributed by atoms with Crippen LogP contribution in [0.4, 0.5) is 0 Å². The highest BCUT2D eigenvalue weighted by molar-refractivity contribution is 5.76. The van der Waals surface area contributed by atoms with Crippen molar-refractivity contribution in [3.8, 4) is 0 Å². The topological polar surface area (TPSA) is 81.4 Å². The van der Waals surface area contributed by atoms with Gasteiger partial charge in [-0.15, -0.1) is 0 Å². The van der Waals surface area contributed by atoms with Crippen LogP contribution in [0.3, 0.4) is 0 Å². The molecular weight excluding hydrogens is 296 g/mol. The average molecular weight is 316 g/mol. The highest BCUT2D eigenvalue weighted by atomic mass is 16.5. The largest absolute Gasteiger partial charge is 0.368 e. The van der Waals surface area contributed by atoms with Gasteiger partial charge in [-0.1, -0.05) is 5.16 Å². The van der Waals surface area contributed by atoms with Crippen molar-refractivity contribution in [2.75, 3.05) is 19.7 Å². The van der Waals surface area contributed by atoms with E-state index in [1.54, 1.807) is 18.6 Å². The maximum atomic E-state index is 12.5. The maximum absolute atomic E-state index is 12.5. The van der Waals surface area contributed by atoms with Gasteiger partial charge in [0.25, 0.3) is 0 Å². The minimum Gasteiger partial charge on any atom is -0.368 e. The molecule has 0 bridgehead atoms. The van der Waals surface area contributed by atoms with Crippen LogP contribution in [-0.4, -0.2) is 45.6 Å². The fraction of sp³-hybridized carbons (Fsp3) is 0.500. The molecule has 1 fully saturated rings. The van der Waals surface area contributed by atoms with E-state index in [2.05, 4.69) is 15.1 Å². The molecule has 23 heavy (non-hydrogen) atoms. The number of morpholine rings is 1. The molecule has 1 aliphatic heterocycles. The Labute approximate surface area is 134 Å². The third-order valence-electron chi connectivity index (χ3n) is 4.10. The SMILES string of the molecule is Cc1noc(C)c1CCC(=O)N1CCOC(c2cnccn2)C1. The van der Waals surface area contributed by atoms with E-state index >= 15 is 0 Å². The summed E-state index contributed by atoms with van der Waals surface area (Å²) < 4.78 is 10.8. The van der Waals surface area contributed by atoms with Crippen LogP contribution >= 0.6 is 0 Å². The summed E-state index contributed by atoms with van der Waals surface area (Å²) in [6.07, 6.45) is 5.82. The van der Waals surface area contributed by atoms with Crippen LogP contribution in [0.2, 0.25) is 0 Å². The van der Waals surface area contributed by atoms with Crippen molar-refractivity contribution in [1.82, 2.24) is 20.0 Å². The normalized spacial score (nSPS) is 18.2. The minimum absolute atomic E-state index is 0.113. The molecule has 122 valence electrons. The van der Waals surface area contributed by atoms with Gasteiger partial charge in [0.1, 0.15) is 11.9 Å². The quantitative estimate of drug-likeness (QED) is 0.852. The molecule has 2 aromatic heterocycles. The first-order valence-corrected chi connectivity index (χ1v) is 7.72. The predicted octanol–water partition coefficient (Wildman–Crippen LogP) is 1.61. The number of rotatable bonds is 4. The lowest BCUT2D eigenvalue weighted by Gasteiger charge is -2.32. The molecule has 3 rings (SSSR count). The molecule has 0 saturated carbocycles. The van der Waals surface area contributed by atoms with Crippen molar-refractivity contribution in [1.29, 1.82) is 0 Å². The Morgan fingerprint density at radius 2 is 2.26 bits per heavy atom. The summed E-state index contributed by atoms with van der Waals surface area (Å²) in [5, 5.41) is 3.92. The van der Waals surface area contributed by atoms with Gasteiger partial charge in [-0.25, -0.2) is 0 Å². The van der Waals surface area contributed by atoms with Crippen molar-refractivity contribution in [3.63, 3.8) is 0 Å². The van der Waals surface area contributed by atoms with Crippen molar-refractivity contribution >= 4 is 5.91 Å². The number of ether oxygens (including phenoxy) is 1. The molecule has 7 heteroatoms. The first-order chi connectivity index (χ1) is 11.1. The molecule has 0 aromatic carbocycles. The molecule has 7 nitrogen and oxygen atoms in total. The molecule has 1 saturated heterocycles. The molecule has 0 N–H and O–H groups in total. The predicted molar refractivity (Wildman–Crippen MR) is 81.6 cm³/mol. The van der Waals surface area contributed by atoms with Gasteiger partial charge >= 0.3 is 0 Å². The van der Waals surface area contributed by atoms with Crippen LogP contribution in [0.5, 0.6) is 0 Å². The van der Waals surface area contributed by atoms with E-state index in [-0.39, 0.29) is 12.0 Å². The lowest BCUT2D eigenvalue weighted by atomic mass is 10.1. The molecule has 0 spiro atoms. The first-order valence-electron chi connectivity index (χ1n) is 7.72. The van der Waals surface area contributed by atoms with Gasteiger partial charge in [-0.2, -0.15) is 0 Å². The summed E-state index contributed by atoms with van der Waals surface area (Å²) in [6.45, 7) is 5.41. The first kappa shape index (κ1) is 15.6. The molecule has 1 atom stereocenters. The van der Waals surface area contributed by atoms with E-state index in [0.717, 1.165) is 22.7 Å². The number of carbonyl (C=O) groups is 1. The van der Waals surface area contributed by atoms with Crippen molar-refractivity contribution in [2.45, 2.75) is 32.8 Å².